The van der Waals surface area contributed by atoms with Crippen LogP contribution in [0.2, 0.25) is 0 Å². The van der Waals surface area contributed by atoms with Gasteiger partial charge in [-0.1, -0.05) is 38.3 Å². The maximum atomic E-state index is 12.7. The molecule has 0 unspecified atom stereocenters. The lowest BCUT2D eigenvalue weighted by Crippen LogP contribution is -2.48. The van der Waals surface area contributed by atoms with Crippen molar-refractivity contribution in [1.29, 1.82) is 0 Å². The minimum atomic E-state index is -0.522. The first kappa shape index (κ1) is 26.7. The smallest absolute Gasteiger partial charge is 0.269 e. The molecular weight excluding hydrogens is 458 g/mol. The van der Waals surface area contributed by atoms with E-state index < -0.39 is 11.8 Å². The number of amides is 2. The van der Waals surface area contributed by atoms with Crippen molar-refractivity contribution < 1.29 is 28.5 Å². The topological polar surface area (TPSA) is 107 Å². The van der Waals surface area contributed by atoms with Crippen molar-refractivity contribution in [2.24, 2.45) is 0 Å². The second kappa shape index (κ2) is 13.9. The molecule has 0 heterocycles. The van der Waals surface area contributed by atoms with Crippen LogP contribution in [0.15, 0.2) is 36.4 Å². The van der Waals surface area contributed by atoms with Gasteiger partial charge in [0.2, 0.25) is 5.75 Å². The zero-order chi connectivity index (χ0) is 24.9. The van der Waals surface area contributed by atoms with Gasteiger partial charge in [-0.05, 0) is 42.9 Å². The molecule has 0 fully saturated rings. The van der Waals surface area contributed by atoms with Crippen LogP contribution in [-0.4, -0.2) is 44.9 Å². The lowest BCUT2D eigenvalue weighted by atomic mass is 10.1. The quantitative estimate of drug-likeness (QED) is 0.250. The Morgan fingerprint density at radius 3 is 2.15 bits per heavy atom. The number of hydrogen-bond acceptors (Lipinski definition) is 7. The van der Waals surface area contributed by atoms with Gasteiger partial charge in [0.1, 0.15) is 5.75 Å². The first-order valence-electron chi connectivity index (χ1n) is 10.9. The molecule has 0 aliphatic carbocycles. The normalized spacial score (nSPS) is 10.1. The molecule has 2 amide bonds. The summed E-state index contributed by atoms with van der Waals surface area (Å²) in [6, 6.07) is 9.90. The van der Waals surface area contributed by atoms with Crippen molar-refractivity contribution in [1.82, 2.24) is 16.2 Å². The molecule has 3 N–H and O–H groups in total. The predicted octanol–water partition coefficient (Wildman–Crippen LogP) is 3.62. The van der Waals surface area contributed by atoms with Crippen molar-refractivity contribution in [2.75, 3.05) is 27.9 Å². The zero-order valence-corrected chi connectivity index (χ0v) is 20.7. The summed E-state index contributed by atoms with van der Waals surface area (Å²) in [5.74, 6) is 0.517. The summed E-state index contributed by atoms with van der Waals surface area (Å²) in [7, 11) is 4.38. The number of benzene rings is 2. The van der Waals surface area contributed by atoms with Gasteiger partial charge in [-0.25, -0.2) is 0 Å². The number of para-hydroxylation sites is 1. The van der Waals surface area contributed by atoms with E-state index in [9.17, 15) is 9.59 Å². The number of carbonyl (C=O) groups excluding carboxylic acids is 2. The van der Waals surface area contributed by atoms with Crippen LogP contribution in [0, 0.1) is 0 Å². The largest absolute Gasteiger partial charge is 0.493 e. The van der Waals surface area contributed by atoms with Crippen molar-refractivity contribution >= 4 is 29.1 Å². The third-order valence-corrected chi connectivity index (χ3v) is 5.03. The third kappa shape index (κ3) is 7.51. The van der Waals surface area contributed by atoms with E-state index in [-0.39, 0.29) is 10.7 Å². The third-order valence-electron chi connectivity index (χ3n) is 4.83. The number of unbranched alkanes of at least 4 members (excludes halogenated alkanes) is 3. The van der Waals surface area contributed by atoms with E-state index in [4.69, 9.17) is 31.2 Å². The zero-order valence-electron chi connectivity index (χ0n) is 19.9. The molecular formula is C24H31N3O6S. The second-order valence-corrected chi connectivity index (χ2v) is 7.59. The molecule has 0 atom stereocenters. The van der Waals surface area contributed by atoms with Gasteiger partial charge in [0.15, 0.2) is 16.6 Å². The summed E-state index contributed by atoms with van der Waals surface area (Å²) in [4.78, 5) is 25.3. The van der Waals surface area contributed by atoms with Gasteiger partial charge < -0.3 is 18.9 Å². The van der Waals surface area contributed by atoms with E-state index in [0.717, 1.165) is 25.7 Å². The van der Waals surface area contributed by atoms with Crippen molar-refractivity contribution in [3.05, 3.63) is 47.5 Å². The highest BCUT2D eigenvalue weighted by Crippen LogP contribution is 2.38. The van der Waals surface area contributed by atoms with E-state index in [2.05, 4.69) is 23.1 Å². The number of rotatable bonds is 11. The fraction of sp³-hybridized carbons (Fsp3) is 0.375. The molecule has 0 aromatic heterocycles. The van der Waals surface area contributed by atoms with Crippen LogP contribution in [0.1, 0.15) is 53.3 Å². The highest BCUT2D eigenvalue weighted by Gasteiger charge is 2.18. The van der Waals surface area contributed by atoms with Gasteiger partial charge in [-0.3, -0.25) is 25.8 Å². The van der Waals surface area contributed by atoms with Crippen molar-refractivity contribution in [3.63, 3.8) is 0 Å². The molecule has 2 rings (SSSR count). The molecule has 0 saturated carbocycles. The highest BCUT2D eigenvalue weighted by molar-refractivity contribution is 7.80. The lowest BCUT2D eigenvalue weighted by molar-refractivity contribution is 0.0933. The van der Waals surface area contributed by atoms with E-state index in [0.29, 0.717) is 35.2 Å². The Labute approximate surface area is 205 Å². The minimum absolute atomic E-state index is 0.0801. The summed E-state index contributed by atoms with van der Waals surface area (Å²) < 4.78 is 21.5. The fourth-order valence-electron chi connectivity index (χ4n) is 3.09. The van der Waals surface area contributed by atoms with Gasteiger partial charge >= 0.3 is 0 Å². The monoisotopic (exact) mass is 489 g/mol. The fourth-order valence-corrected chi connectivity index (χ4v) is 3.23. The van der Waals surface area contributed by atoms with Crippen LogP contribution >= 0.6 is 12.2 Å². The number of nitrogens with one attached hydrogen (secondary N) is 3. The van der Waals surface area contributed by atoms with Crippen LogP contribution in [0.5, 0.6) is 23.0 Å². The summed E-state index contributed by atoms with van der Waals surface area (Å²) >= 11 is 5.15. The van der Waals surface area contributed by atoms with E-state index in [1.54, 1.807) is 24.3 Å². The Morgan fingerprint density at radius 2 is 1.53 bits per heavy atom. The van der Waals surface area contributed by atoms with Crippen molar-refractivity contribution in [2.45, 2.75) is 32.6 Å². The van der Waals surface area contributed by atoms with Crippen molar-refractivity contribution in [3.8, 4) is 23.0 Å². The van der Waals surface area contributed by atoms with Gasteiger partial charge in [0.25, 0.3) is 11.8 Å². The van der Waals surface area contributed by atoms with Gasteiger partial charge in [-0.2, -0.15) is 0 Å². The summed E-state index contributed by atoms with van der Waals surface area (Å²) in [6.45, 7) is 2.67. The lowest BCUT2D eigenvalue weighted by Gasteiger charge is -2.15. The van der Waals surface area contributed by atoms with E-state index in [1.165, 1.54) is 33.5 Å². The second-order valence-electron chi connectivity index (χ2n) is 7.18. The maximum absolute atomic E-state index is 12.7. The summed E-state index contributed by atoms with van der Waals surface area (Å²) in [5, 5.41) is 2.45. The SMILES string of the molecule is CCCCCCOc1ccccc1C(=O)NC(=S)NNC(=O)c1cc(OC)c(OC)c(OC)c1. The van der Waals surface area contributed by atoms with Crippen LogP contribution < -0.4 is 35.1 Å². The minimum Gasteiger partial charge on any atom is -0.493 e. The first-order chi connectivity index (χ1) is 16.4. The Kier molecular flexibility index (Phi) is 10.9. The number of hydrazine groups is 1. The summed E-state index contributed by atoms with van der Waals surface area (Å²) in [6.07, 6.45) is 4.27. The van der Waals surface area contributed by atoms with Gasteiger partial charge in [0, 0.05) is 5.56 Å². The van der Waals surface area contributed by atoms with Crippen LogP contribution in [0.3, 0.4) is 0 Å². The molecule has 0 saturated heterocycles. The standard InChI is InChI=1S/C24H31N3O6S/c1-5-6-7-10-13-33-18-12-9-8-11-17(18)23(29)25-24(34)27-26-22(28)16-14-19(30-2)21(32-4)20(15-16)31-3/h8-9,11-12,14-15H,5-7,10,13H2,1-4H3,(H,26,28)(H2,25,27,29,34). The summed E-state index contributed by atoms with van der Waals surface area (Å²) in [5.41, 5.74) is 5.53. The molecule has 34 heavy (non-hydrogen) atoms. The predicted molar refractivity (Wildman–Crippen MR) is 133 cm³/mol. The molecule has 0 aliphatic heterocycles. The molecule has 0 radical (unpaired) electrons. The number of ether oxygens (including phenoxy) is 4. The average molecular weight is 490 g/mol. The van der Waals surface area contributed by atoms with Crippen LogP contribution in [0.25, 0.3) is 0 Å². The molecule has 9 nitrogen and oxygen atoms in total. The molecule has 2 aromatic carbocycles. The first-order valence-corrected chi connectivity index (χ1v) is 11.3. The van der Waals surface area contributed by atoms with E-state index in [1.807, 2.05) is 0 Å². The maximum Gasteiger partial charge on any atom is 0.269 e. The molecule has 10 heteroatoms. The highest BCUT2D eigenvalue weighted by atomic mass is 32.1. The average Bonchev–Trinajstić information content (AvgIpc) is 2.86. The Bertz CT molecular complexity index is 973. The molecule has 0 bridgehead atoms. The number of methoxy groups -OCH3 is 3. The molecule has 184 valence electrons. The van der Waals surface area contributed by atoms with Gasteiger partial charge in [-0.15, -0.1) is 0 Å². The number of hydrogen-bond donors (Lipinski definition) is 3. The molecule has 0 aliphatic rings. The van der Waals surface area contributed by atoms with Gasteiger partial charge in [0.05, 0.1) is 33.5 Å². The number of thiocarbonyl (C=S) groups is 1. The Hall–Kier alpha value is -3.53. The molecule has 2 aromatic rings. The van der Waals surface area contributed by atoms with E-state index >= 15 is 0 Å². The van der Waals surface area contributed by atoms with Crippen LogP contribution in [-0.2, 0) is 0 Å². The number of carbonyl (C=O) groups is 2. The Balaban J connectivity index is 1.96. The Morgan fingerprint density at radius 1 is 0.853 bits per heavy atom. The van der Waals surface area contributed by atoms with Crippen LogP contribution in [0.4, 0.5) is 0 Å². The molecule has 0 spiro atoms.